The number of hydrogen-bond acceptors (Lipinski definition) is 6. The van der Waals surface area contributed by atoms with Crippen molar-refractivity contribution >= 4 is 49.1 Å². The Labute approximate surface area is 237 Å². The molecule has 0 radical (unpaired) electrons. The fourth-order valence-electron chi connectivity index (χ4n) is 3.15. The molecule has 0 saturated carbocycles. The first-order valence-corrected chi connectivity index (χ1v) is 11.6. The fraction of sp³-hybridized carbons (Fsp3) is 0.0714. The second-order valence-corrected chi connectivity index (χ2v) is 8.10. The zero-order valence-corrected chi connectivity index (χ0v) is 24.7. The van der Waals surface area contributed by atoms with Gasteiger partial charge in [-0.25, -0.2) is 0 Å². The molecule has 4 aromatic carbocycles. The third kappa shape index (κ3) is 7.84. The predicted octanol–water partition coefficient (Wildman–Crippen LogP) is 6.45. The second-order valence-electron chi connectivity index (χ2n) is 7.22. The molecule has 0 fully saturated rings. The van der Waals surface area contributed by atoms with Gasteiger partial charge >= 0.3 is 27.3 Å². The van der Waals surface area contributed by atoms with Crippen molar-refractivity contribution in [2.75, 3.05) is 13.2 Å². The van der Waals surface area contributed by atoms with Crippen molar-refractivity contribution in [1.82, 2.24) is 0 Å². The summed E-state index contributed by atoms with van der Waals surface area (Å²) in [6.07, 6.45) is 3.54. The maximum atomic E-state index is 5.97. The molecule has 0 atom stereocenters. The van der Waals surface area contributed by atoms with Gasteiger partial charge < -0.3 is 34.7 Å². The molecule has 0 N–H and O–H groups in total. The smallest absolute Gasteiger partial charge is 0.778 e. The minimum Gasteiger partial charge on any atom is -0.778 e. The molecule has 0 aromatic heterocycles. The molecule has 170 valence electrons. The van der Waals surface area contributed by atoms with Crippen LogP contribution in [-0.2, 0) is 52.6 Å². The zero-order chi connectivity index (χ0) is 23.6. The fourth-order valence-corrected chi connectivity index (χ4v) is 3.54. The first kappa shape index (κ1) is 26.8. The standard InChI is InChI=1S/C28H24N2O2S2.Cd/c33-27-15-7-3-11-23(27)29-19-21-9-1-5-13-25(21)31-17-18-32-26-14-6-2-10-22(26)20-30-24-12-4-8-16-28(24)34;/h1-16,19-20,33-34H,17-18H2;/q;+2/p-2. The van der Waals surface area contributed by atoms with E-state index in [1.54, 1.807) is 12.4 Å². The third-order valence-electron chi connectivity index (χ3n) is 4.85. The second kappa shape index (κ2) is 13.9. The maximum absolute atomic E-state index is 5.97. The summed E-state index contributed by atoms with van der Waals surface area (Å²) in [5.74, 6) is 1.46. The topological polar surface area (TPSA) is 43.2 Å². The molecular weight excluding hydrogens is 573 g/mol. The summed E-state index contributed by atoms with van der Waals surface area (Å²) in [5.41, 5.74) is 3.26. The van der Waals surface area contributed by atoms with Crippen LogP contribution in [0.25, 0.3) is 0 Å². The van der Waals surface area contributed by atoms with Gasteiger partial charge in [0.2, 0.25) is 0 Å². The molecule has 0 aliphatic heterocycles. The largest absolute Gasteiger partial charge is 2.00 e. The van der Waals surface area contributed by atoms with Gasteiger partial charge in [-0.15, -0.1) is 9.79 Å². The maximum Gasteiger partial charge on any atom is 2.00 e. The molecule has 0 spiro atoms. The number of hydrogen-bond donors (Lipinski definition) is 0. The number of ether oxygens (including phenoxy) is 2. The van der Waals surface area contributed by atoms with Crippen molar-refractivity contribution in [3.05, 3.63) is 108 Å². The Balaban J connectivity index is 0.00000342. The van der Waals surface area contributed by atoms with Gasteiger partial charge in [0.05, 0.1) is 0 Å². The number of aliphatic imine (C=N–C) groups is 2. The van der Waals surface area contributed by atoms with Crippen LogP contribution in [0.2, 0.25) is 0 Å². The minimum absolute atomic E-state index is 0. The van der Waals surface area contributed by atoms with Crippen LogP contribution in [0, 0.1) is 0 Å². The quantitative estimate of drug-likeness (QED) is 0.0966. The summed E-state index contributed by atoms with van der Waals surface area (Å²) in [7, 11) is 0. The van der Waals surface area contributed by atoms with Crippen LogP contribution >= 0.6 is 0 Å². The van der Waals surface area contributed by atoms with Gasteiger partial charge in [0.15, 0.2) is 0 Å². The molecule has 4 rings (SSSR count). The van der Waals surface area contributed by atoms with Gasteiger partial charge in [-0.2, -0.15) is 0 Å². The Hall–Kier alpha value is -2.82. The molecule has 0 unspecified atom stereocenters. The number of rotatable bonds is 9. The Kier molecular flexibility index (Phi) is 10.6. The van der Waals surface area contributed by atoms with E-state index < -0.39 is 0 Å². The Morgan fingerprint density at radius 3 is 1.34 bits per heavy atom. The first-order valence-electron chi connectivity index (χ1n) is 10.7. The monoisotopic (exact) mass is 596 g/mol. The predicted molar refractivity (Wildman–Crippen MR) is 143 cm³/mol. The molecule has 0 aliphatic carbocycles. The zero-order valence-electron chi connectivity index (χ0n) is 19.0. The van der Waals surface area contributed by atoms with E-state index in [4.69, 9.17) is 34.7 Å². The van der Waals surface area contributed by atoms with Crippen molar-refractivity contribution in [3.8, 4) is 11.5 Å². The summed E-state index contributed by atoms with van der Waals surface area (Å²) in [5, 5.41) is 0. The van der Waals surface area contributed by atoms with E-state index in [-0.39, 0.29) is 27.3 Å². The summed E-state index contributed by atoms with van der Waals surface area (Å²) in [6, 6.07) is 30.6. The van der Waals surface area contributed by atoms with Gasteiger partial charge in [0.25, 0.3) is 0 Å². The number of nitrogens with zero attached hydrogens (tertiary/aromatic N) is 2. The van der Waals surface area contributed by atoms with E-state index in [0.29, 0.717) is 23.0 Å². The number of benzene rings is 4. The van der Waals surface area contributed by atoms with Gasteiger partial charge in [0.1, 0.15) is 24.7 Å². The summed E-state index contributed by atoms with van der Waals surface area (Å²) in [4.78, 5) is 10.5. The van der Waals surface area contributed by atoms with E-state index in [0.717, 1.165) is 34.0 Å². The Bertz CT molecular complexity index is 1210. The van der Waals surface area contributed by atoms with Crippen LogP contribution in [0.5, 0.6) is 11.5 Å². The molecule has 35 heavy (non-hydrogen) atoms. The van der Waals surface area contributed by atoms with Gasteiger partial charge in [-0.05, 0) is 36.4 Å². The molecule has 0 amide bonds. The average Bonchev–Trinajstić information content (AvgIpc) is 2.87. The van der Waals surface area contributed by atoms with Gasteiger partial charge in [-0.1, -0.05) is 60.7 Å². The van der Waals surface area contributed by atoms with Crippen LogP contribution in [0.3, 0.4) is 0 Å². The summed E-state index contributed by atoms with van der Waals surface area (Å²) < 4.78 is 11.9. The Morgan fingerprint density at radius 2 is 0.914 bits per heavy atom. The molecular formula is C28H22CdN2O2S2. The average molecular weight is 595 g/mol. The van der Waals surface area contributed by atoms with Crippen LogP contribution in [-0.4, -0.2) is 25.6 Å². The van der Waals surface area contributed by atoms with E-state index in [1.807, 2.05) is 97.1 Å². The van der Waals surface area contributed by atoms with E-state index in [2.05, 4.69) is 9.98 Å². The van der Waals surface area contributed by atoms with Crippen molar-refractivity contribution in [2.45, 2.75) is 9.79 Å². The van der Waals surface area contributed by atoms with Crippen molar-refractivity contribution < 1.29 is 36.8 Å². The van der Waals surface area contributed by atoms with Crippen LogP contribution in [0.4, 0.5) is 11.4 Å². The van der Waals surface area contributed by atoms with E-state index >= 15 is 0 Å². The molecule has 7 heteroatoms. The molecule has 4 nitrogen and oxygen atoms in total. The van der Waals surface area contributed by atoms with Crippen LogP contribution < -0.4 is 9.47 Å². The van der Waals surface area contributed by atoms with Crippen molar-refractivity contribution in [2.24, 2.45) is 9.98 Å². The van der Waals surface area contributed by atoms with E-state index in [1.165, 1.54) is 0 Å². The molecule has 0 heterocycles. The molecule has 0 saturated heterocycles. The Morgan fingerprint density at radius 1 is 0.543 bits per heavy atom. The first-order chi connectivity index (χ1) is 16.7. The molecule has 0 aliphatic rings. The molecule has 4 aromatic rings. The number of para-hydroxylation sites is 4. The van der Waals surface area contributed by atoms with Crippen molar-refractivity contribution in [1.29, 1.82) is 0 Å². The van der Waals surface area contributed by atoms with Gasteiger partial charge in [0, 0.05) is 34.9 Å². The SMILES string of the molecule is [Cd+2].[S-]c1ccccc1N=Cc1ccccc1OCCOc1ccccc1C=Nc1ccccc1[S-]. The van der Waals surface area contributed by atoms with Gasteiger partial charge in [-0.3, -0.25) is 9.98 Å². The van der Waals surface area contributed by atoms with E-state index in [9.17, 15) is 0 Å². The summed E-state index contributed by atoms with van der Waals surface area (Å²) in [6.45, 7) is 0.756. The molecule has 0 bridgehead atoms. The van der Waals surface area contributed by atoms with Crippen molar-refractivity contribution in [3.63, 3.8) is 0 Å². The normalized spacial score (nSPS) is 10.9. The minimum atomic E-state index is 0. The summed E-state index contributed by atoms with van der Waals surface area (Å²) >= 11 is 10.6. The van der Waals surface area contributed by atoms with Crippen LogP contribution in [0.15, 0.2) is 117 Å². The van der Waals surface area contributed by atoms with Crippen LogP contribution in [0.1, 0.15) is 11.1 Å². The third-order valence-corrected chi connectivity index (χ3v) is 5.54.